The molecule has 282 valence electrons. The molecule has 0 aromatic carbocycles. The van der Waals surface area contributed by atoms with E-state index in [1.165, 1.54) is 25.0 Å². The Morgan fingerprint density at radius 1 is 0.354 bits per heavy atom. The van der Waals surface area contributed by atoms with Gasteiger partial charge in [0.05, 0.1) is 159 Å². The Bertz CT molecular complexity index is 727. The summed E-state index contributed by atoms with van der Waals surface area (Å²) in [7, 11) is 0. The van der Waals surface area contributed by atoms with Gasteiger partial charge in [0.15, 0.2) is 0 Å². The highest BCUT2D eigenvalue weighted by Crippen LogP contribution is 2.02. The molecule has 1 rings (SSSR count). The maximum atomic E-state index is 11.4. The molecule has 1 aliphatic rings. The Kier molecular flexibility index (Phi) is 33.9. The molecule has 0 aromatic heterocycles. The summed E-state index contributed by atoms with van der Waals surface area (Å²) >= 11 is 0. The summed E-state index contributed by atoms with van der Waals surface area (Å²) in [5, 5.41) is 0. The van der Waals surface area contributed by atoms with Crippen LogP contribution in [0.1, 0.15) is 26.2 Å². The summed E-state index contributed by atoms with van der Waals surface area (Å²) in [5.74, 6) is -0.612. The van der Waals surface area contributed by atoms with Crippen molar-refractivity contribution in [1.29, 1.82) is 0 Å². The molecule has 0 N–H and O–H groups in total. The lowest BCUT2D eigenvalue weighted by Crippen LogP contribution is -2.33. The maximum absolute atomic E-state index is 11.4. The van der Waals surface area contributed by atoms with Crippen molar-refractivity contribution in [3.8, 4) is 0 Å². The third-order valence-electron chi connectivity index (χ3n) is 6.34. The molecule has 0 aliphatic carbocycles. The van der Waals surface area contributed by atoms with Crippen LogP contribution in [0, 0.1) is 0 Å². The van der Waals surface area contributed by atoms with E-state index in [1.807, 2.05) is 0 Å². The number of amides is 2. The molecule has 0 spiro atoms. The molecule has 15 heteroatoms. The second-order valence-corrected chi connectivity index (χ2v) is 10.2. The number of hydrogen-bond acceptors (Lipinski definition) is 14. The highest BCUT2D eigenvalue weighted by atomic mass is 16.6. The zero-order valence-electron chi connectivity index (χ0n) is 29.1. The SMILES string of the molecule is CCCCCOCCOCCOCCOCCOCCOCCOCCOCCOCCOCCOCCOCCN1C(=O)C=CC1=O. The van der Waals surface area contributed by atoms with Crippen molar-refractivity contribution >= 4 is 11.8 Å². The standard InChI is InChI=1S/C33H61NO14/c1-2-3-4-8-37-10-12-39-14-16-41-18-20-43-22-24-45-26-28-47-30-31-48-29-27-46-25-23-44-21-19-42-17-15-40-13-11-38-9-7-34-32(35)5-6-33(34)36/h5-6H,2-4,7-31H2,1H3. The zero-order valence-corrected chi connectivity index (χ0v) is 29.1. The molecule has 1 heterocycles. The van der Waals surface area contributed by atoms with Crippen molar-refractivity contribution in [1.82, 2.24) is 4.90 Å². The van der Waals surface area contributed by atoms with Gasteiger partial charge in [-0.3, -0.25) is 14.5 Å². The predicted octanol–water partition coefficient (Wildman–Crippen LogP) is 1.30. The van der Waals surface area contributed by atoms with E-state index < -0.39 is 0 Å². The van der Waals surface area contributed by atoms with Crippen molar-refractivity contribution < 1.29 is 66.4 Å². The minimum absolute atomic E-state index is 0.240. The lowest BCUT2D eigenvalue weighted by atomic mass is 10.3. The molecule has 0 bridgehead atoms. The number of carbonyl (C=O) groups is 2. The minimum Gasteiger partial charge on any atom is -0.379 e. The molecule has 0 radical (unpaired) electrons. The Labute approximate surface area is 286 Å². The van der Waals surface area contributed by atoms with Gasteiger partial charge in [0.1, 0.15) is 0 Å². The van der Waals surface area contributed by atoms with Gasteiger partial charge in [-0.1, -0.05) is 19.8 Å². The normalized spacial score (nSPS) is 13.1. The highest BCUT2D eigenvalue weighted by Gasteiger charge is 2.22. The summed E-state index contributed by atoms with van der Waals surface area (Å²) in [6, 6.07) is 0. The van der Waals surface area contributed by atoms with Crippen molar-refractivity contribution in [2.75, 3.05) is 165 Å². The minimum atomic E-state index is -0.306. The van der Waals surface area contributed by atoms with E-state index in [4.69, 9.17) is 56.8 Å². The van der Waals surface area contributed by atoms with Crippen molar-refractivity contribution in [2.24, 2.45) is 0 Å². The zero-order chi connectivity index (χ0) is 34.4. The molecular weight excluding hydrogens is 634 g/mol. The van der Waals surface area contributed by atoms with E-state index in [9.17, 15) is 9.59 Å². The number of nitrogens with zero attached hydrogens (tertiary/aromatic N) is 1. The Morgan fingerprint density at radius 2 is 0.583 bits per heavy atom. The smallest absolute Gasteiger partial charge is 0.253 e. The molecular formula is C33H61NO14. The maximum Gasteiger partial charge on any atom is 0.253 e. The van der Waals surface area contributed by atoms with Gasteiger partial charge in [0.25, 0.3) is 11.8 Å². The van der Waals surface area contributed by atoms with E-state index >= 15 is 0 Å². The fraction of sp³-hybridized carbons (Fsp3) is 0.879. The predicted molar refractivity (Wildman–Crippen MR) is 175 cm³/mol. The Morgan fingerprint density at radius 3 is 0.833 bits per heavy atom. The molecule has 0 fully saturated rings. The average Bonchev–Trinajstić information content (AvgIpc) is 3.41. The number of ether oxygens (including phenoxy) is 12. The van der Waals surface area contributed by atoms with Gasteiger partial charge in [0, 0.05) is 18.8 Å². The van der Waals surface area contributed by atoms with E-state index in [0.29, 0.717) is 145 Å². The Hall–Kier alpha value is -1.60. The van der Waals surface area contributed by atoms with Crippen molar-refractivity contribution in [2.45, 2.75) is 26.2 Å². The van der Waals surface area contributed by atoms with Crippen molar-refractivity contribution in [3.05, 3.63) is 12.2 Å². The molecule has 0 saturated carbocycles. The first-order valence-electron chi connectivity index (χ1n) is 17.2. The number of unbranched alkanes of at least 4 members (excludes halogenated alkanes) is 2. The molecule has 2 amide bonds. The molecule has 1 aliphatic heterocycles. The molecule has 15 nitrogen and oxygen atoms in total. The fourth-order valence-electron chi connectivity index (χ4n) is 3.78. The summed E-state index contributed by atoms with van der Waals surface area (Å²) in [6.45, 7) is 14.5. The second-order valence-electron chi connectivity index (χ2n) is 10.2. The lowest BCUT2D eigenvalue weighted by molar-refractivity contribution is -0.137. The number of rotatable bonds is 40. The third kappa shape index (κ3) is 30.5. The molecule has 0 unspecified atom stereocenters. The quantitative estimate of drug-likeness (QED) is 0.0670. The van der Waals surface area contributed by atoms with Gasteiger partial charge in [-0.25, -0.2) is 0 Å². The molecule has 0 aromatic rings. The van der Waals surface area contributed by atoms with Crippen LogP contribution in [0.2, 0.25) is 0 Å². The van der Waals surface area contributed by atoms with Crippen LogP contribution in [0.5, 0.6) is 0 Å². The van der Waals surface area contributed by atoms with Crippen LogP contribution in [0.3, 0.4) is 0 Å². The van der Waals surface area contributed by atoms with Crippen LogP contribution in [0.25, 0.3) is 0 Å². The third-order valence-corrected chi connectivity index (χ3v) is 6.34. The van der Waals surface area contributed by atoms with Crippen molar-refractivity contribution in [3.63, 3.8) is 0 Å². The molecule has 0 saturated heterocycles. The second kappa shape index (κ2) is 36.7. The fourth-order valence-corrected chi connectivity index (χ4v) is 3.78. The number of imide groups is 1. The lowest BCUT2D eigenvalue weighted by Gasteiger charge is -2.13. The van der Waals surface area contributed by atoms with Crippen LogP contribution in [-0.2, 0) is 66.4 Å². The number of carbonyl (C=O) groups excluding carboxylic acids is 2. The van der Waals surface area contributed by atoms with E-state index in [1.54, 1.807) is 0 Å². The highest BCUT2D eigenvalue weighted by molar-refractivity contribution is 6.12. The van der Waals surface area contributed by atoms with E-state index in [2.05, 4.69) is 6.92 Å². The van der Waals surface area contributed by atoms with Gasteiger partial charge < -0.3 is 56.8 Å². The topological polar surface area (TPSA) is 148 Å². The monoisotopic (exact) mass is 695 g/mol. The van der Waals surface area contributed by atoms with Crippen LogP contribution in [0.4, 0.5) is 0 Å². The number of hydrogen-bond donors (Lipinski definition) is 0. The van der Waals surface area contributed by atoms with Crippen LogP contribution in [-0.4, -0.2) is 182 Å². The first kappa shape index (κ1) is 44.4. The van der Waals surface area contributed by atoms with Crippen LogP contribution >= 0.6 is 0 Å². The van der Waals surface area contributed by atoms with Gasteiger partial charge >= 0.3 is 0 Å². The van der Waals surface area contributed by atoms with Crippen LogP contribution < -0.4 is 0 Å². The van der Waals surface area contributed by atoms with Gasteiger partial charge in [0.2, 0.25) is 0 Å². The van der Waals surface area contributed by atoms with Gasteiger partial charge in [-0.05, 0) is 6.42 Å². The summed E-state index contributed by atoms with van der Waals surface area (Å²) in [5.41, 5.74) is 0. The molecule has 0 atom stereocenters. The molecule has 48 heavy (non-hydrogen) atoms. The summed E-state index contributed by atoms with van der Waals surface area (Å²) < 4.78 is 65.5. The first-order chi connectivity index (χ1) is 23.8. The van der Waals surface area contributed by atoms with E-state index in [0.717, 1.165) is 17.9 Å². The summed E-state index contributed by atoms with van der Waals surface area (Å²) in [4.78, 5) is 23.9. The van der Waals surface area contributed by atoms with Crippen LogP contribution in [0.15, 0.2) is 12.2 Å². The Balaban J connectivity index is 1.61. The average molecular weight is 696 g/mol. The van der Waals surface area contributed by atoms with E-state index in [-0.39, 0.29) is 25.0 Å². The largest absolute Gasteiger partial charge is 0.379 e. The summed E-state index contributed by atoms with van der Waals surface area (Å²) in [6.07, 6.45) is 6.04. The first-order valence-corrected chi connectivity index (χ1v) is 17.2. The van der Waals surface area contributed by atoms with Gasteiger partial charge in [-0.15, -0.1) is 0 Å². The van der Waals surface area contributed by atoms with Gasteiger partial charge in [-0.2, -0.15) is 0 Å².